The van der Waals surface area contributed by atoms with Crippen LogP contribution in [0.5, 0.6) is 0 Å². The SMILES string of the molecule is CCNC(=NCC1(SC)CCOCC1)NCCc1c[nH]c2cccc(C)c12.I. The highest BCUT2D eigenvalue weighted by Crippen LogP contribution is 2.34. The smallest absolute Gasteiger partial charge is 0.191 e. The molecule has 1 aliphatic heterocycles. The summed E-state index contributed by atoms with van der Waals surface area (Å²) < 4.78 is 5.75. The molecule has 1 fully saturated rings. The van der Waals surface area contributed by atoms with Crippen LogP contribution in [0.2, 0.25) is 0 Å². The van der Waals surface area contributed by atoms with E-state index in [2.05, 4.69) is 60.1 Å². The summed E-state index contributed by atoms with van der Waals surface area (Å²) in [5, 5.41) is 8.24. The van der Waals surface area contributed by atoms with E-state index < -0.39 is 0 Å². The molecule has 28 heavy (non-hydrogen) atoms. The van der Waals surface area contributed by atoms with Gasteiger partial charge in [-0.3, -0.25) is 4.99 Å². The van der Waals surface area contributed by atoms with Crippen molar-refractivity contribution in [2.75, 3.05) is 39.1 Å². The van der Waals surface area contributed by atoms with E-state index in [1.807, 2.05) is 11.8 Å². The first kappa shape index (κ1) is 23.3. The Hall–Kier alpha value is -0.930. The van der Waals surface area contributed by atoms with Crippen LogP contribution in [0.4, 0.5) is 0 Å². The van der Waals surface area contributed by atoms with Crippen molar-refractivity contribution in [3.05, 3.63) is 35.5 Å². The molecule has 0 spiro atoms. The number of nitrogens with one attached hydrogen (secondary N) is 3. The summed E-state index contributed by atoms with van der Waals surface area (Å²) in [6, 6.07) is 6.42. The Balaban J connectivity index is 0.00000280. The number of halogens is 1. The molecule has 0 aliphatic carbocycles. The van der Waals surface area contributed by atoms with E-state index in [9.17, 15) is 0 Å². The molecule has 3 N–H and O–H groups in total. The first-order valence-electron chi connectivity index (χ1n) is 9.88. The molecular weight excluding hydrogens is 483 g/mol. The predicted molar refractivity (Wildman–Crippen MR) is 132 cm³/mol. The van der Waals surface area contributed by atoms with E-state index in [4.69, 9.17) is 9.73 Å². The third-order valence-corrected chi connectivity index (χ3v) is 6.79. The molecule has 3 rings (SSSR count). The number of thioether (sulfide) groups is 1. The molecule has 1 aromatic heterocycles. The van der Waals surface area contributed by atoms with Gasteiger partial charge in [-0.15, -0.1) is 24.0 Å². The Morgan fingerprint density at radius 3 is 2.79 bits per heavy atom. The molecule has 0 saturated carbocycles. The number of fused-ring (bicyclic) bond motifs is 1. The van der Waals surface area contributed by atoms with Crippen molar-refractivity contribution in [1.29, 1.82) is 0 Å². The number of aromatic nitrogens is 1. The number of H-pyrrole nitrogens is 1. The van der Waals surface area contributed by atoms with Gasteiger partial charge in [0.1, 0.15) is 0 Å². The molecule has 7 heteroatoms. The van der Waals surface area contributed by atoms with E-state index in [1.165, 1.54) is 22.0 Å². The molecule has 1 saturated heterocycles. The Labute approximate surface area is 189 Å². The monoisotopic (exact) mass is 516 g/mol. The van der Waals surface area contributed by atoms with Gasteiger partial charge in [0.15, 0.2) is 5.96 Å². The lowest BCUT2D eigenvalue weighted by molar-refractivity contribution is 0.0794. The first-order valence-corrected chi connectivity index (χ1v) is 11.1. The number of aromatic amines is 1. The van der Waals surface area contributed by atoms with Crippen molar-refractivity contribution in [1.82, 2.24) is 15.6 Å². The normalized spacial score (nSPS) is 16.6. The van der Waals surface area contributed by atoms with E-state index in [-0.39, 0.29) is 28.7 Å². The van der Waals surface area contributed by atoms with Crippen molar-refractivity contribution in [2.24, 2.45) is 4.99 Å². The van der Waals surface area contributed by atoms with Gasteiger partial charge < -0.3 is 20.4 Å². The largest absolute Gasteiger partial charge is 0.381 e. The number of aliphatic imine (C=N–C) groups is 1. The summed E-state index contributed by atoms with van der Waals surface area (Å²) in [6.45, 7) is 8.54. The lowest BCUT2D eigenvalue weighted by Gasteiger charge is -2.34. The molecular formula is C21H33IN4OS. The van der Waals surface area contributed by atoms with E-state index in [1.54, 1.807) is 0 Å². The average Bonchev–Trinajstić information content (AvgIpc) is 3.11. The summed E-state index contributed by atoms with van der Waals surface area (Å²) in [6.07, 6.45) is 7.45. The fraction of sp³-hybridized carbons (Fsp3) is 0.571. The molecule has 5 nitrogen and oxygen atoms in total. The van der Waals surface area contributed by atoms with Crippen molar-refractivity contribution < 1.29 is 4.74 Å². The number of benzene rings is 1. The van der Waals surface area contributed by atoms with Crippen LogP contribution in [-0.4, -0.2) is 54.8 Å². The first-order chi connectivity index (χ1) is 13.2. The number of hydrogen-bond acceptors (Lipinski definition) is 3. The van der Waals surface area contributed by atoms with Crippen molar-refractivity contribution in [3.63, 3.8) is 0 Å². The molecule has 0 bridgehead atoms. The number of aryl methyl sites for hydroxylation is 1. The third kappa shape index (κ3) is 5.79. The minimum absolute atomic E-state index is 0. The van der Waals surface area contributed by atoms with Gasteiger partial charge in [0.25, 0.3) is 0 Å². The van der Waals surface area contributed by atoms with Gasteiger partial charge in [-0.25, -0.2) is 0 Å². The Morgan fingerprint density at radius 1 is 1.29 bits per heavy atom. The summed E-state index contributed by atoms with van der Waals surface area (Å²) in [5.74, 6) is 0.911. The summed E-state index contributed by atoms with van der Waals surface area (Å²) in [7, 11) is 0. The average molecular weight is 516 g/mol. The standard InChI is InChI=1S/C21H32N4OS.HI/c1-4-22-20(25-15-21(27-3)9-12-26-13-10-21)23-11-8-17-14-24-18-7-5-6-16(2)19(17)18;/h5-7,14,24H,4,8-13,15H2,1-3H3,(H2,22,23,25);1H. The predicted octanol–water partition coefficient (Wildman–Crippen LogP) is 4.10. The van der Waals surface area contributed by atoms with Gasteiger partial charge in [-0.1, -0.05) is 12.1 Å². The maximum Gasteiger partial charge on any atom is 0.191 e. The highest BCUT2D eigenvalue weighted by Gasteiger charge is 2.31. The zero-order valence-corrected chi connectivity index (χ0v) is 20.3. The van der Waals surface area contributed by atoms with Crippen molar-refractivity contribution in [3.8, 4) is 0 Å². The Morgan fingerprint density at radius 2 is 2.07 bits per heavy atom. The van der Waals surface area contributed by atoms with E-state index >= 15 is 0 Å². The van der Waals surface area contributed by atoms with E-state index in [0.29, 0.717) is 0 Å². The second kappa shape index (κ2) is 11.3. The zero-order chi connectivity index (χ0) is 19.1. The molecule has 0 radical (unpaired) electrons. The van der Waals surface area contributed by atoms with Crippen LogP contribution in [0.1, 0.15) is 30.9 Å². The Bertz CT molecular complexity index is 771. The van der Waals surface area contributed by atoms with Crippen molar-refractivity contribution >= 4 is 52.6 Å². The molecule has 0 amide bonds. The van der Waals surface area contributed by atoms with Gasteiger partial charge >= 0.3 is 0 Å². The summed E-state index contributed by atoms with van der Waals surface area (Å²) in [5.41, 5.74) is 3.90. The van der Waals surface area contributed by atoms with Crippen LogP contribution in [0.3, 0.4) is 0 Å². The highest BCUT2D eigenvalue weighted by atomic mass is 127. The lowest BCUT2D eigenvalue weighted by Crippen LogP contribution is -2.41. The maximum atomic E-state index is 5.54. The molecule has 0 unspecified atom stereocenters. The van der Waals surface area contributed by atoms with Gasteiger partial charge in [0.2, 0.25) is 0 Å². The highest BCUT2D eigenvalue weighted by molar-refractivity contribution is 14.0. The number of rotatable bonds is 7. The fourth-order valence-corrected chi connectivity index (χ4v) is 4.47. The van der Waals surface area contributed by atoms with Gasteiger partial charge in [-0.2, -0.15) is 11.8 Å². The second-order valence-corrected chi connectivity index (χ2v) is 8.46. The Kier molecular flexibility index (Phi) is 9.43. The third-order valence-electron chi connectivity index (χ3n) is 5.39. The van der Waals surface area contributed by atoms with E-state index in [0.717, 1.165) is 58.1 Å². The number of hydrogen-bond donors (Lipinski definition) is 3. The van der Waals surface area contributed by atoms with Crippen LogP contribution in [0, 0.1) is 6.92 Å². The van der Waals surface area contributed by atoms with Crippen LogP contribution >= 0.6 is 35.7 Å². The minimum atomic E-state index is 0. The van der Waals surface area contributed by atoms with Crippen LogP contribution in [0.15, 0.2) is 29.4 Å². The second-order valence-electron chi connectivity index (χ2n) is 7.18. The maximum absolute atomic E-state index is 5.54. The topological polar surface area (TPSA) is 61.4 Å². The lowest BCUT2D eigenvalue weighted by atomic mass is 9.99. The van der Waals surface area contributed by atoms with Crippen molar-refractivity contribution in [2.45, 2.75) is 37.9 Å². The number of ether oxygens (including phenoxy) is 1. The number of nitrogens with zero attached hydrogens (tertiary/aromatic N) is 1. The van der Waals surface area contributed by atoms with Crippen LogP contribution in [-0.2, 0) is 11.2 Å². The molecule has 2 aromatic rings. The van der Waals surface area contributed by atoms with Gasteiger partial charge in [-0.05, 0) is 56.6 Å². The molecule has 0 atom stereocenters. The van der Waals surface area contributed by atoms with Crippen LogP contribution < -0.4 is 10.6 Å². The van der Waals surface area contributed by atoms with Gasteiger partial charge in [0, 0.05) is 48.2 Å². The quantitative estimate of drug-likeness (QED) is 0.295. The molecule has 2 heterocycles. The molecule has 156 valence electrons. The van der Waals surface area contributed by atoms with Gasteiger partial charge in [0.05, 0.1) is 6.54 Å². The molecule has 1 aromatic carbocycles. The number of guanidine groups is 1. The molecule has 1 aliphatic rings. The van der Waals surface area contributed by atoms with Crippen LogP contribution in [0.25, 0.3) is 10.9 Å². The zero-order valence-electron chi connectivity index (χ0n) is 17.1. The minimum Gasteiger partial charge on any atom is -0.381 e. The fourth-order valence-electron chi connectivity index (χ4n) is 3.70. The summed E-state index contributed by atoms with van der Waals surface area (Å²) >= 11 is 1.93. The summed E-state index contributed by atoms with van der Waals surface area (Å²) in [4.78, 5) is 8.27.